The van der Waals surface area contributed by atoms with Crippen molar-refractivity contribution in [3.05, 3.63) is 47.5 Å². The highest BCUT2D eigenvalue weighted by Crippen LogP contribution is 2.19. The lowest BCUT2D eigenvalue weighted by Crippen LogP contribution is -2.25. The number of halogens is 1. The molecule has 0 aliphatic rings. The Bertz CT molecular complexity index is 583. The van der Waals surface area contributed by atoms with Crippen molar-refractivity contribution in [3.63, 3.8) is 0 Å². The van der Waals surface area contributed by atoms with Gasteiger partial charge in [-0.15, -0.1) is 0 Å². The normalized spacial score (nSPS) is 10.6. The molecule has 0 spiro atoms. The SMILES string of the molecule is CON(C)C(=O)c1ccc2cc(CF)ccc2c1. The van der Waals surface area contributed by atoms with Crippen molar-refractivity contribution in [1.82, 2.24) is 5.06 Å². The van der Waals surface area contributed by atoms with E-state index in [0.717, 1.165) is 15.8 Å². The lowest BCUT2D eigenvalue weighted by atomic mass is 10.0. The van der Waals surface area contributed by atoms with Crippen LogP contribution in [0, 0.1) is 0 Å². The molecule has 0 fully saturated rings. The molecule has 0 saturated heterocycles. The zero-order valence-electron chi connectivity index (χ0n) is 10.3. The number of carbonyl (C=O) groups excluding carboxylic acids is 1. The van der Waals surface area contributed by atoms with E-state index in [1.165, 1.54) is 7.11 Å². The van der Waals surface area contributed by atoms with Gasteiger partial charge in [-0.2, -0.15) is 0 Å². The Morgan fingerprint density at radius 1 is 1.22 bits per heavy atom. The van der Waals surface area contributed by atoms with Gasteiger partial charge in [0.05, 0.1) is 7.11 Å². The van der Waals surface area contributed by atoms with Crippen molar-refractivity contribution in [1.29, 1.82) is 0 Å². The smallest absolute Gasteiger partial charge is 0.274 e. The van der Waals surface area contributed by atoms with Crippen LogP contribution in [0.4, 0.5) is 4.39 Å². The van der Waals surface area contributed by atoms with Gasteiger partial charge in [0.2, 0.25) is 0 Å². The van der Waals surface area contributed by atoms with E-state index in [2.05, 4.69) is 0 Å². The molecule has 0 N–H and O–H groups in total. The van der Waals surface area contributed by atoms with Crippen LogP contribution in [0.1, 0.15) is 15.9 Å². The minimum atomic E-state index is -0.483. The van der Waals surface area contributed by atoms with Gasteiger partial charge in [0.25, 0.3) is 5.91 Å². The minimum Gasteiger partial charge on any atom is -0.274 e. The number of hydrogen-bond acceptors (Lipinski definition) is 2. The first-order valence-electron chi connectivity index (χ1n) is 5.56. The van der Waals surface area contributed by atoms with Gasteiger partial charge in [0.1, 0.15) is 6.67 Å². The summed E-state index contributed by atoms with van der Waals surface area (Å²) in [6.07, 6.45) is 0. The van der Waals surface area contributed by atoms with Crippen LogP contribution in [-0.4, -0.2) is 25.1 Å². The molecule has 0 aromatic heterocycles. The molecular weight excluding hydrogens is 233 g/mol. The first-order valence-corrected chi connectivity index (χ1v) is 5.56. The van der Waals surface area contributed by atoms with Gasteiger partial charge in [0, 0.05) is 12.6 Å². The topological polar surface area (TPSA) is 29.5 Å². The average Bonchev–Trinajstić information content (AvgIpc) is 2.44. The summed E-state index contributed by atoms with van der Waals surface area (Å²) in [5.41, 5.74) is 1.18. The van der Waals surface area contributed by atoms with Crippen LogP contribution >= 0.6 is 0 Å². The number of nitrogens with zero attached hydrogens (tertiary/aromatic N) is 1. The van der Waals surface area contributed by atoms with Gasteiger partial charge >= 0.3 is 0 Å². The Labute approximate surface area is 105 Å². The third-order valence-corrected chi connectivity index (χ3v) is 2.87. The van der Waals surface area contributed by atoms with Crippen LogP contribution in [0.3, 0.4) is 0 Å². The molecule has 18 heavy (non-hydrogen) atoms. The van der Waals surface area contributed by atoms with Crippen LogP contribution in [0.15, 0.2) is 36.4 Å². The van der Waals surface area contributed by atoms with E-state index < -0.39 is 6.67 Å². The molecule has 0 radical (unpaired) electrons. The third kappa shape index (κ3) is 2.33. The van der Waals surface area contributed by atoms with Gasteiger partial charge in [0.15, 0.2) is 0 Å². The Morgan fingerprint density at radius 3 is 2.56 bits per heavy atom. The van der Waals surface area contributed by atoms with Gasteiger partial charge in [-0.3, -0.25) is 9.63 Å². The highest BCUT2D eigenvalue weighted by atomic mass is 19.1. The quantitative estimate of drug-likeness (QED) is 0.780. The second kappa shape index (κ2) is 5.14. The predicted molar refractivity (Wildman–Crippen MR) is 67.9 cm³/mol. The lowest BCUT2D eigenvalue weighted by molar-refractivity contribution is -0.0756. The molecule has 2 aromatic rings. The maximum absolute atomic E-state index is 12.5. The van der Waals surface area contributed by atoms with Gasteiger partial charge in [-0.05, 0) is 34.5 Å². The number of alkyl halides is 1. The van der Waals surface area contributed by atoms with E-state index in [4.69, 9.17) is 4.84 Å². The summed E-state index contributed by atoms with van der Waals surface area (Å²) < 4.78 is 12.5. The highest BCUT2D eigenvalue weighted by Gasteiger charge is 2.11. The fourth-order valence-corrected chi connectivity index (χ4v) is 1.78. The zero-order chi connectivity index (χ0) is 13.1. The summed E-state index contributed by atoms with van der Waals surface area (Å²) in [6, 6.07) is 10.6. The number of rotatable bonds is 3. The van der Waals surface area contributed by atoms with E-state index >= 15 is 0 Å². The van der Waals surface area contributed by atoms with Gasteiger partial charge < -0.3 is 0 Å². The van der Waals surface area contributed by atoms with E-state index in [1.807, 2.05) is 12.1 Å². The summed E-state index contributed by atoms with van der Waals surface area (Å²) in [5.74, 6) is -0.214. The number of hydrogen-bond donors (Lipinski definition) is 0. The molecule has 0 atom stereocenters. The fraction of sp³-hybridized carbons (Fsp3) is 0.214. The second-order valence-corrected chi connectivity index (χ2v) is 4.02. The van der Waals surface area contributed by atoms with Crippen molar-refractivity contribution in [2.45, 2.75) is 6.67 Å². The van der Waals surface area contributed by atoms with E-state index in [-0.39, 0.29) is 5.91 Å². The molecule has 0 bridgehead atoms. The summed E-state index contributed by atoms with van der Waals surface area (Å²) in [4.78, 5) is 16.7. The number of hydroxylamine groups is 2. The summed E-state index contributed by atoms with van der Waals surface area (Å²) in [5, 5.41) is 2.99. The fourth-order valence-electron chi connectivity index (χ4n) is 1.78. The molecule has 2 aromatic carbocycles. The summed E-state index contributed by atoms with van der Waals surface area (Å²) in [6.45, 7) is -0.483. The maximum Gasteiger partial charge on any atom is 0.277 e. The molecule has 1 amide bonds. The molecule has 0 unspecified atom stereocenters. The monoisotopic (exact) mass is 247 g/mol. The van der Waals surface area contributed by atoms with Crippen LogP contribution < -0.4 is 0 Å². The minimum absolute atomic E-state index is 0.214. The largest absolute Gasteiger partial charge is 0.277 e. The maximum atomic E-state index is 12.5. The van der Waals surface area contributed by atoms with Crippen molar-refractivity contribution in [2.24, 2.45) is 0 Å². The molecular formula is C14H14FNO2. The Balaban J connectivity index is 2.42. The Kier molecular flexibility index (Phi) is 3.58. The van der Waals surface area contributed by atoms with Gasteiger partial charge in [-0.1, -0.05) is 18.2 Å². The molecule has 2 rings (SSSR count). The summed E-state index contributed by atoms with van der Waals surface area (Å²) in [7, 11) is 2.99. The lowest BCUT2D eigenvalue weighted by Gasteiger charge is -2.13. The molecule has 94 valence electrons. The Hall–Kier alpha value is -1.94. The first-order chi connectivity index (χ1) is 8.65. The van der Waals surface area contributed by atoms with E-state index in [9.17, 15) is 9.18 Å². The van der Waals surface area contributed by atoms with Crippen LogP contribution in [-0.2, 0) is 11.5 Å². The van der Waals surface area contributed by atoms with Crippen molar-refractivity contribution in [2.75, 3.05) is 14.2 Å². The third-order valence-electron chi connectivity index (χ3n) is 2.87. The summed E-state index contributed by atoms with van der Waals surface area (Å²) >= 11 is 0. The standard InChI is InChI=1S/C14H14FNO2/c1-16(18-2)14(17)13-6-5-11-7-10(9-15)3-4-12(11)8-13/h3-8H,9H2,1-2H3. The molecule has 0 heterocycles. The number of fused-ring (bicyclic) bond motifs is 1. The van der Waals surface area contributed by atoms with E-state index in [1.54, 1.807) is 31.3 Å². The number of amides is 1. The van der Waals surface area contributed by atoms with Gasteiger partial charge in [-0.25, -0.2) is 9.45 Å². The van der Waals surface area contributed by atoms with Crippen LogP contribution in [0.25, 0.3) is 10.8 Å². The second-order valence-electron chi connectivity index (χ2n) is 4.02. The molecule has 3 nitrogen and oxygen atoms in total. The average molecular weight is 247 g/mol. The zero-order valence-corrected chi connectivity index (χ0v) is 10.3. The van der Waals surface area contributed by atoms with Crippen LogP contribution in [0.2, 0.25) is 0 Å². The van der Waals surface area contributed by atoms with Crippen molar-refractivity contribution in [3.8, 4) is 0 Å². The number of benzene rings is 2. The van der Waals surface area contributed by atoms with Crippen molar-refractivity contribution >= 4 is 16.7 Å². The van der Waals surface area contributed by atoms with E-state index in [0.29, 0.717) is 11.1 Å². The highest BCUT2D eigenvalue weighted by molar-refractivity contribution is 5.98. The molecule has 4 heteroatoms. The Morgan fingerprint density at radius 2 is 1.89 bits per heavy atom. The number of carbonyl (C=O) groups is 1. The first kappa shape index (κ1) is 12.5. The predicted octanol–water partition coefficient (Wildman–Crippen LogP) is 2.94. The molecule has 0 aliphatic carbocycles. The van der Waals surface area contributed by atoms with Crippen LogP contribution in [0.5, 0.6) is 0 Å². The molecule has 0 aliphatic heterocycles. The van der Waals surface area contributed by atoms with Crippen molar-refractivity contribution < 1.29 is 14.0 Å². The molecule has 0 saturated carbocycles.